The molecule has 12 heteroatoms. The number of aromatic amines is 1. The molecule has 0 spiro atoms. The van der Waals surface area contributed by atoms with E-state index in [0.29, 0.717) is 40.0 Å². The zero-order chi connectivity index (χ0) is 23.6. The third-order valence-electron chi connectivity index (χ3n) is 5.94. The quantitative estimate of drug-likeness (QED) is 0.427. The molecule has 1 aliphatic rings. The molecule has 4 N–H and O–H groups in total. The number of ether oxygens (including phenoxy) is 1. The van der Waals surface area contributed by atoms with Gasteiger partial charge in [0.1, 0.15) is 11.3 Å². The summed E-state index contributed by atoms with van der Waals surface area (Å²) in [6.45, 7) is 1.26. The Labute approximate surface area is 195 Å². The van der Waals surface area contributed by atoms with E-state index in [1.54, 1.807) is 0 Å². The molecule has 4 rings (SSSR count). The number of aromatic nitrogens is 4. The number of benzene rings is 1. The van der Waals surface area contributed by atoms with Gasteiger partial charge in [-0.15, -0.1) is 13.2 Å². The van der Waals surface area contributed by atoms with E-state index in [-0.39, 0.29) is 17.9 Å². The molecule has 1 aliphatic carbocycles. The van der Waals surface area contributed by atoms with Crippen LogP contribution in [0.5, 0.6) is 5.75 Å². The van der Waals surface area contributed by atoms with E-state index in [1.165, 1.54) is 29.0 Å². The number of hydrogen-bond acceptors (Lipinski definition) is 6. The first kappa shape index (κ1) is 23.6. The standard InChI is InChI=1S/C21H24BrF3N6O2/c22-15-5-6-17(33-21(23,24)25)14(7-15)11-31-18-16(29-20(31)32)10-28-19(30-18)27-9-13-3-1-12(8-26)2-4-13/h5-7,10,12-13H,1-4,8-9,11,26H2,(H,29,32)(H,27,28,30)/t12-,13-. The summed E-state index contributed by atoms with van der Waals surface area (Å²) in [7, 11) is 0. The molecule has 33 heavy (non-hydrogen) atoms. The molecular formula is C21H24BrF3N6O2. The van der Waals surface area contributed by atoms with Gasteiger partial charge in [0.05, 0.1) is 12.7 Å². The number of alkyl halides is 3. The lowest BCUT2D eigenvalue weighted by Gasteiger charge is -2.27. The highest BCUT2D eigenvalue weighted by Gasteiger charge is 2.32. The number of hydrogen-bond donors (Lipinski definition) is 3. The van der Waals surface area contributed by atoms with E-state index in [4.69, 9.17) is 5.73 Å². The zero-order valence-corrected chi connectivity index (χ0v) is 19.2. The van der Waals surface area contributed by atoms with E-state index in [1.807, 2.05) is 0 Å². The van der Waals surface area contributed by atoms with Gasteiger partial charge in [0.2, 0.25) is 5.95 Å². The highest BCUT2D eigenvalue weighted by atomic mass is 79.9. The van der Waals surface area contributed by atoms with Gasteiger partial charge in [-0.25, -0.2) is 9.78 Å². The van der Waals surface area contributed by atoms with Crippen LogP contribution in [0.1, 0.15) is 31.2 Å². The van der Waals surface area contributed by atoms with Crippen LogP contribution in [-0.2, 0) is 6.54 Å². The SMILES string of the molecule is NC[C@H]1CC[C@H](CNc2ncc3[nH]c(=O)n(Cc4cc(Br)ccc4OC(F)(F)F)c3n2)CC1. The van der Waals surface area contributed by atoms with Gasteiger partial charge in [0.25, 0.3) is 0 Å². The molecule has 0 saturated heterocycles. The van der Waals surface area contributed by atoms with Crippen molar-refractivity contribution < 1.29 is 17.9 Å². The molecule has 0 radical (unpaired) electrons. The number of anilines is 1. The normalized spacial score (nSPS) is 19.1. The van der Waals surface area contributed by atoms with E-state index in [9.17, 15) is 18.0 Å². The maximum atomic E-state index is 12.8. The molecule has 178 valence electrons. The Morgan fingerprint density at radius 3 is 2.67 bits per heavy atom. The van der Waals surface area contributed by atoms with Gasteiger partial charge in [-0.05, 0) is 62.3 Å². The van der Waals surface area contributed by atoms with E-state index >= 15 is 0 Å². The predicted octanol–water partition coefficient (Wildman–Crippen LogP) is 4.01. The lowest BCUT2D eigenvalue weighted by atomic mass is 9.82. The lowest BCUT2D eigenvalue weighted by Crippen LogP contribution is -2.25. The van der Waals surface area contributed by atoms with Crippen molar-refractivity contribution >= 4 is 33.0 Å². The minimum Gasteiger partial charge on any atom is -0.405 e. The molecule has 1 aromatic carbocycles. The van der Waals surface area contributed by atoms with Gasteiger partial charge in [0, 0.05) is 16.6 Å². The van der Waals surface area contributed by atoms with Crippen LogP contribution in [0.25, 0.3) is 11.2 Å². The number of halogens is 4. The summed E-state index contributed by atoms with van der Waals surface area (Å²) in [4.78, 5) is 23.9. The Balaban J connectivity index is 1.55. The third kappa shape index (κ3) is 5.85. The van der Waals surface area contributed by atoms with Crippen molar-refractivity contribution in [1.82, 2.24) is 19.5 Å². The first-order valence-corrected chi connectivity index (χ1v) is 11.4. The molecule has 0 aliphatic heterocycles. The molecule has 1 fully saturated rings. The van der Waals surface area contributed by atoms with Crippen molar-refractivity contribution in [3.05, 3.63) is 44.9 Å². The summed E-state index contributed by atoms with van der Waals surface area (Å²) in [5, 5.41) is 3.23. The Bertz CT molecular complexity index is 1170. The van der Waals surface area contributed by atoms with Gasteiger partial charge in [0.15, 0.2) is 5.65 Å². The average molecular weight is 529 g/mol. The van der Waals surface area contributed by atoms with Crippen LogP contribution in [0.15, 0.2) is 33.7 Å². The number of nitrogens with two attached hydrogens (primary N) is 1. The average Bonchev–Trinajstić information content (AvgIpc) is 3.08. The summed E-state index contributed by atoms with van der Waals surface area (Å²) in [5.41, 5.74) is 6.11. The summed E-state index contributed by atoms with van der Waals surface area (Å²) in [6, 6.07) is 4.12. The number of nitrogens with one attached hydrogen (secondary N) is 2. The Morgan fingerprint density at radius 1 is 1.24 bits per heavy atom. The number of imidazole rings is 1. The maximum absolute atomic E-state index is 12.8. The predicted molar refractivity (Wildman–Crippen MR) is 121 cm³/mol. The fraction of sp³-hybridized carbons (Fsp3) is 0.476. The molecule has 0 unspecified atom stereocenters. The Hall–Kier alpha value is -2.60. The topological polar surface area (TPSA) is 111 Å². The fourth-order valence-electron chi connectivity index (χ4n) is 4.15. The monoisotopic (exact) mass is 528 g/mol. The molecule has 2 heterocycles. The van der Waals surface area contributed by atoms with Crippen molar-refractivity contribution in [2.24, 2.45) is 17.6 Å². The minimum absolute atomic E-state index is 0.163. The first-order valence-electron chi connectivity index (χ1n) is 10.7. The number of nitrogens with zero attached hydrogens (tertiary/aromatic N) is 3. The van der Waals surface area contributed by atoms with Gasteiger partial charge >= 0.3 is 12.1 Å². The highest BCUT2D eigenvalue weighted by molar-refractivity contribution is 9.10. The van der Waals surface area contributed by atoms with Gasteiger partial charge in [-0.3, -0.25) is 4.57 Å². The van der Waals surface area contributed by atoms with E-state index in [2.05, 4.69) is 40.9 Å². The van der Waals surface area contributed by atoms with Crippen molar-refractivity contribution in [2.75, 3.05) is 18.4 Å². The van der Waals surface area contributed by atoms with Crippen LogP contribution in [0.3, 0.4) is 0 Å². The highest BCUT2D eigenvalue weighted by Crippen LogP contribution is 2.30. The summed E-state index contributed by atoms with van der Waals surface area (Å²) in [6.07, 6.45) is 1.01. The second-order valence-corrected chi connectivity index (χ2v) is 9.17. The third-order valence-corrected chi connectivity index (χ3v) is 6.43. The first-order chi connectivity index (χ1) is 15.7. The number of rotatable bonds is 7. The molecular weight excluding hydrogens is 505 g/mol. The molecule has 2 aromatic heterocycles. The van der Waals surface area contributed by atoms with Crippen molar-refractivity contribution in [1.29, 1.82) is 0 Å². The molecule has 8 nitrogen and oxygen atoms in total. The van der Waals surface area contributed by atoms with Gasteiger partial charge in [-0.1, -0.05) is 15.9 Å². The molecule has 0 bridgehead atoms. The maximum Gasteiger partial charge on any atom is 0.573 e. The summed E-state index contributed by atoms with van der Waals surface area (Å²) < 4.78 is 44.4. The van der Waals surface area contributed by atoms with Crippen molar-refractivity contribution in [3.63, 3.8) is 0 Å². The zero-order valence-electron chi connectivity index (χ0n) is 17.7. The number of H-pyrrole nitrogens is 1. The second kappa shape index (κ2) is 9.72. The van der Waals surface area contributed by atoms with Crippen molar-refractivity contribution in [3.8, 4) is 5.75 Å². The van der Waals surface area contributed by atoms with Crippen LogP contribution in [0, 0.1) is 11.8 Å². The van der Waals surface area contributed by atoms with E-state index in [0.717, 1.165) is 32.2 Å². The van der Waals surface area contributed by atoms with Crippen LogP contribution < -0.4 is 21.5 Å². The minimum atomic E-state index is -4.85. The van der Waals surface area contributed by atoms with Crippen LogP contribution in [0.4, 0.5) is 19.1 Å². The smallest absolute Gasteiger partial charge is 0.405 e. The largest absolute Gasteiger partial charge is 0.573 e. The van der Waals surface area contributed by atoms with E-state index < -0.39 is 12.1 Å². The second-order valence-electron chi connectivity index (χ2n) is 8.25. The Morgan fingerprint density at radius 2 is 1.97 bits per heavy atom. The Kier molecular flexibility index (Phi) is 6.94. The molecule has 0 atom stereocenters. The van der Waals surface area contributed by atoms with Crippen LogP contribution in [0.2, 0.25) is 0 Å². The van der Waals surface area contributed by atoms with Gasteiger partial charge in [-0.2, -0.15) is 4.98 Å². The lowest BCUT2D eigenvalue weighted by molar-refractivity contribution is -0.274. The number of fused-ring (bicyclic) bond motifs is 1. The molecule has 3 aromatic rings. The summed E-state index contributed by atoms with van der Waals surface area (Å²) >= 11 is 3.25. The fourth-order valence-corrected chi connectivity index (χ4v) is 4.56. The van der Waals surface area contributed by atoms with Crippen molar-refractivity contribution in [2.45, 2.75) is 38.6 Å². The van der Waals surface area contributed by atoms with Crippen LogP contribution >= 0.6 is 15.9 Å². The molecule has 1 saturated carbocycles. The van der Waals surface area contributed by atoms with Gasteiger partial charge < -0.3 is 20.8 Å². The summed E-state index contributed by atoms with van der Waals surface area (Å²) in [5.74, 6) is 1.06. The van der Waals surface area contributed by atoms with Crippen LogP contribution in [-0.4, -0.2) is 39.0 Å². The molecule has 0 amide bonds.